The first-order valence-corrected chi connectivity index (χ1v) is 7.66. The first-order chi connectivity index (χ1) is 9.72. The van der Waals surface area contributed by atoms with Crippen LogP contribution in [0.2, 0.25) is 0 Å². The van der Waals surface area contributed by atoms with Crippen molar-refractivity contribution in [3.8, 4) is 10.4 Å². The Kier molecular flexibility index (Phi) is 3.58. The molecule has 0 unspecified atom stereocenters. The third-order valence-electron chi connectivity index (χ3n) is 2.71. The molecule has 100 valence electrons. The van der Waals surface area contributed by atoms with E-state index in [4.69, 9.17) is 0 Å². The third kappa shape index (κ3) is 2.76. The minimum Gasteiger partial charge on any atom is -0.298 e. The number of nitrogens with one attached hydrogen (secondary N) is 1. The number of carbonyl (C=O) groups excluding carboxylic acids is 1. The molecule has 0 aliphatic carbocycles. The minimum absolute atomic E-state index is 0.146. The van der Waals surface area contributed by atoms with Gasteiger partial charge in [0, 0.05) is 23.3 Å². The highest BCUT2D eigenvalue weighted by atomic mass is 32.1. The predicted molar refractivity (Wildman–Crippen MR) is 82.4 cm³/mol. The fourth-order valence-corrected chi connectivity index (χ4v) is 3.04. The molecule has 0 spiro atoms. The lowest BCUT2D eigenvalue weighted by Crippen LogP contribution is -2.11. The summed E-state index contributed by atoms with van der Waals surface area (Å²) in [5.41, 5.74) is 1.69. The fourth-order valence-electron chi connectivity index (χ4n) is 1.74. The van der Waals surface area contributed by atoms with E-state index in [1.165, 1.54) is 11.3 Å². The molecule has 2 aromatic heterocycles. The number of anilines is 1. The van der Waals surface area contributed by atoms with Gasteiger partial charge in [-0.25, -0.2) is 9.97 Å². The van der Waals surface area contributed by atoms with Gasteiger partial charge in [0.1, 0.15) is 0 Å². The second-order valence-corrected chi connectivity index (χ2v) is 6.24. The Hall–Kier alpha value is -2.05. The van der Waals surface area contributed by atoms with Gasteiger partial charge < -0.3 is 0 Å². The Balaban J connectivity index is 1.77. The molecule has 1 N–H and O–H groups in total. The van der Waals surface area contributed by atoms with Gasteiger partial charge in [-0.3, -0.25) is 10.1 Å². The molecule has 0 saturated carbocycles. The monoisotopic (exact) mass is 301 g/mol. The van der Waals surface area contributed by atoms with Crippen LogP contribution in [-0.2, 0) is 0 Å². The maximum absolute atomic E-state index is 12.0. The molecule has 0 radical (unpaired) electrons. The maximum Gasteiger partial charge on any atom is 0.257 e. The lowest BCUT2D eigenvalue weighted by atomic mass is 10.1. The Morgan fingerprint density at radius 2 is 2.00 bits per heavy atom. The molecule has 0 saturated heterocycles. The van der Waals surface area contributed by atoms with Crippen LogP contribution in [0.1, 0.15) is 15.4 Å². The van der Waals surface area contributed by atoms with Gasteiger partial charge in [-0.1, -0.05) is 12.1 Å². The number of hydrogen-bond acceptors (Lipinski definition) is 5. The SMILES string of the molecule is Cc1ncc(-c2ccc(C(=O)Nc3nccs3)cc2)s1. The molecule has 0 bridgehead atoms. The molecule has 4 nitrogen and oxygen atoms in total. The van der Waals surface area contributed by atoms with Crippen LogP contribution in [0, 0.1) is 6.92 Å². The summed E-state index contributed by atoms with van der Waals surface area (Å²) >= 11 is 3.04. The maximum atomic E-state index is 12.0. The molecule has 2 heterocycles. The highest BCUT2D eigenvalue weighted by Crippen LogP contribution is 2.26. The number of benzene rings is 1. The Bertz CT molecular complexity index is 717. The van der Waals surface area contributed by atoms with E-state index in [1.807, 2.05) is 42.8 Å². The molecule has 1 aromatic carbocycles. The first kappa shape index (κ1) is 13.0. The van der Waals surface area contributed by atoms with Gasteiger partial charge in [0.05, 0.1) is 9.88 Å². The Morgan fingerprint density at radius 3 is 2.60 bits per heavy atom. The van der Waals surface area contributed by atoms with Gasteiger partial charge in [0.25, 0.3) is 5.91 Å². The van der Waals surface area contributed by atoms with Gasteiger partial charge in [0.15, 0.2) is 5.13 Å². The van der Waals surface area contributed by atoms with Crippen LogP contribution in [0.3, 0.4) is 0 Å². The number of aryl methyl sites for hydroxylation is 1. The molecule has 6 heteroatoms. The lowest BCUT2D eigenvalue weighted by Gasteiger charge is -2.02. The standard InChI is InChI=1S/C14H11N3OS2/c1-9-16-8-12(20-9)10-2-4-11(5-3-10)13(18)17-14-15-6-7-19-14/h2-8H,1H3,(H,15,17,18). The van der Waals surface area contributed by atoms with E-state index in [-0.39, 0.29) is 5.91 Å². The zero-order valence-corrected chi connectivity index (χ0v) is 12.3. The van der Waals surface area contributed by atoms with Crippen molar-refractivity contribution in [3.05, 3.63) is 52.6 Å². The van der Waals surface area contributed by atoms with Crippen molar-refractivity contribution in [2.75, 3.05) is 5.32 Å². The summed E-state index contributed by atoms with van der Waals surface area (Å²) < 4.78 is 0. The van der Waals surface area contributed by atoms with Gasteiger partial charge in [-0.15, -0.1) is 22.7 Å². The molecule has 0 aliphatic heterocycles. The van der Waals surface area contributed by atoms with Crippen molar-refractivity contribution >= 4 is 33.7 Å². The molecule has 0 aliphatic rings. The van der Waals surface area contributed by atoms with Gasteiger partial charge >= 0.3 is 0 Å². The largest absolute Gasteiger partial charge is 0.298 e. The number of aromatic nitrogens is 2. The van der Waals surface area contributed by atoms with Crippen LogP contribution in [0.25, 0.3) is 10.4 Å². The van der Waals surface area contributed by atoms with Crippen LogP contribution in [0.15, 0.2) is 42.0 Å². The summed E-state index contributed by atoms with van der Waals surface area (Å²) in [7, 11) is 0. The van der Waals surface area contributed by atoms with Gasteiger partial charge in [0.2, 0.25) is 0 Å². The minimum atomic E-state index is -0.146. The van der Waals surface area contributed by atoms with E-state index >= 15 is 0 Å². The van der Waals surface area contributed by atoms with Crippen molar-refractivity contribution in [1.82, 2.24) is 9.97 Å². The summed E-state index contributed by atoms with van der Waals surface area (Å²) in [5.74, 6) is -0.146. The highest BCUT2D eigenvalue weighted by Gasteiger charge is 2.08. The van der Waals surface area contributed by atoms with Gasteiger partial charge in [-0.2, -0.15) is 0 Å². The summed E-state index contributed by atoms with van der Waals surface area (Å²) in [6.07, 6.45) is 3.51. The zero-order valence-electron chi connectivity index (χ0n) is 10.7. The van der Waals surface area contributed by atoms with E-state index in [1.54, 1.807) is 17.5 Å². The van der Waals surface area contributed by atoms with Gasteiger partial charge in [-0.05, 0) is 24.6 Å². The quantitative estimate of drug-likeness (QED) is 0.800. The molecule has 0 fully saturated rings. The summed E-state index contributed by atoms with van der Waals surface area (Å²) in [4.78, 5) is 21.4. The van der Waals surface area contributed by atoms with Crippen LogP contribution in [0.5, 0.6) is 0 Å². The third-order valence-corrected chi connectivity index (χ3v) is 4.36. The zero-order chi connectivity index (χ0) is 13.9. The average Bonchev–Trinajstić information content (AvgIpc) is 3.10. The summed E-state index contributed by atoms with van der Waals surface area (Å²) in [6.45, 7) is 1.98. The van der Waals surface area contributed by atoms with Crippen molar-refractivity contribution < 1.29 is 4.79 Å². The second-order valence-electron chi connectivity index (χ2n) is 4.11. The predicted octanol–water partition coefficient (Wildman–Crippen LogP) is 3.83. The summed E-state index contributed by atoms with van der Waals surface area (Å²) in [6, 6.07) is 7.49. The fraction of sp³-hybridized carbons (Fsp3) is 0.0714. The number of rotatable bonds is 3. The molecular weight excluding hydrogens is 290 g/mol. The molecule has 1 amide bonds. The summed E-state index contributed by atoms with van der Waals surface area (Å²) in [5, 5.41) is 6.23. The number of hydrogen-bond donors (Lipinski definition) is 1. The number of amides is 1. The molecule has 3 rings (SSSR count). The van der Waals surface area contributed by atoms with Crippen molar-refractivity contribution in [2.24, 2.45) is 0 Å². The number of thiazole rings is 2. The first-order valence-electron chi connectivity index (χ1n) is 5.96. The molecule has 20 heavy (non-hydrogen) atoms. The second kappa shape index (κ2) is 5.52. The van der Waals surface area contributed by atoms with E-state index in [9.17, 15) is 4.79 Å². The lowest BCUT2D eigenvalue weighted by molar-refractivity contribution is 0.102. The van der Waals surface area contributed by atoms with E-state index in [0.717, 1.165) is 15.4 Å². The van der Waals surface area contributed by atoms with E-state index in [0.29, 0.717) is 10.7 Å². The van der Waals surface area contributed by atoms with Crippen molar-refractivity contribution in [2.45, 2.75) is 6.92 Å². The molecule has 0 atom stereocenters. The van der Waals surface area contributed by atoms with E-state index in [2.05, 4.69) is 15.3 Å². The number of carbonyl (C=O) groups is 1. The smallest absolute Gasteiger partial charge is 0.257 e. The van der Waals surface area contributed by atoms with Crippen LogP contribution in [-0.4, -0.2) is 15.9 Å². The Morgan fingerprint density at radius 1 is 1.20 bits per heavy atom. The number of nitrogens with zero attached hydrogens (tertiary/aromatic N) is 2. The highest BCUT2D eigenvalue weighted by molar-refractivity contribution is 7.15. The van der Waals surface area contributed by atoms with Crippen LogP contribution >= 0.6 is 22.7 Å². The molecular formula is C14H11N3OS2. The van der Waals surface area contributed by atoms with Crippen LogP contribution < -0.4 is 5.32 Å². The van der Waals surface area contributed by atoms with Crippen molar-refractivity contribution in [1.29, 1.82) is 0 Å². The molecule has 3 aromatic rings. The average molecular weight is 301 g/mol. The van der Waals surface area contributed by atoms with Crippen LogP contribution in [0.4, 0.5) is 5.13 Å². The normalized spacial score (nSPS) is 10.4. The topological polar surface area (TPSA) is 54.9 Å². The Labute approximate surface area is 124 Å². The van der Waals surface area contributed by atoms with Crippen molar-refractivity contribution in [3.63, 3.8) is 0 Å². The van der Waals surface area contributed by atoms with E-state index < -0.39 is 0 Å².